The standard InChI is InChI=1S/C10H13BrClNO2/c1-2-3-7(11)6-13-10(14)8-4-5-9(12)15-8/h4-5,7H,2-3,6H2,1H3,(H,13,14). The summed E-state index contributed by atoms with van der Waals surface area (Å²) in [5.74, 6) is 0.0126. The second-order valence-corrected chi connectivity index (χ2v) is 4.87. The number of hydrogen-bond donors (Lipinski definition) is 1. The lowest BCUT2D eigenvalue weighted by atomic mass is 10.2. The Morgan fingerprint density at radius 1 is 1.67 bits per heavy atom. The smallest absolute Gasteiger partial charge is 0.287 e. The van der Waals surface area contributed by atoms with Crippen LogP contribution < -0.4 is 5.32 Å². The van der Waals surface area contributed by atoms with Crippen molar-refractivity contribution in [3.8, 4) is 0 Å². The number of amides is 1. The number of carbonyl (C=O) groups excluding carboxylic acids is 1. The zero-order chi connectivity index (χ0) is 11.3. The number of carbonyl (C=O) groups is 1. The average molecular weight is 295 g/mol. The van der Waals surface area contributed by atoms with E-state index in [4.69, 9.17) is 16.0 Å². The van der Waals surface area contributed by atoms with E-state index in [1.807, 2.05) is 0 Å². The minimum atomic E-state index is -0.234. The van der Waals surface area contributed by atoms with E-state index in [0.717, 1.165) is 12.8 Å². The highest BCUT2D eigenvalue weighted by atomic mass is 79.9. The number of alkyl halides is 1. The van der Waals surface area contributed by atoms with Crippen molar-refractivity contribution in [2.45, 2.75) is 24.6 Å². The summed E-state index contributed by atoms with van der Waals surface area (Å²) in [7, 11) is 0. The molecule has 5 heteroatoms. The van der Waals surface area contributed by atoms with Gasteiger partial charge in [-0.1, -0.05) is 29.3 Å². The van der Waals surface area contributed by atoms with Crippen LogP contribution in [0.3, 0.4) is 0 Å². The fraction of sp³-hybridized carbons (Fsp3) is 0.500. The van der Waals surface area contributed by atoms with E-state index in [1.165, 1.54) is 0 Å². The molecule has 1 rings (SSSR count). The van der Waals surface area contributed by atoms with Crippen molar-refractivity contribution < 1.29 is 9.21 Å². The lowest BCUT2D eigenvalue weighted by molar-refractivity contribution is 0.0926. The molecule has 84 valence electrons. The van der Waals surface area contributed by atoms with Gasteiger partial charge in [0.25, 0.3) is 5.91 Å². The SMILES string of the molecule is CCCC(Br)CNC(=O)c1ccc(Cl)o1. The summed E-state index contributed by atoms with van der Waals surface area (Å²) in [4.78, 5) is 11.8. The zero-order valence-corrected chi connectivity index (χ0v) is 10.8. The van der Waals surface area contributed by atoms with Gasteiger partial charge in [-0.15, -0.1) is 0 Å². The van der Waals surface area contributed by atoms with E-state index in [-0.39, 0.29) is 16.9 Å². The van der Waals surface area contributed by atoms with Crippen LogP contribution in [0.4, 0.5) is 0 Å². The molecule has 0 saturated carbocycles. The van der Waals surface area contributed by atoms with Gasteiger partial charge in [-0.05, 0) is 30.2 Å². The minimum absolute atomic E-state index is 0.226. The molecule has 3 nitrogen and oxygen atoms in total. The molecule has 0 aliphatic carbocycles. The molecule has 1 heterocycles. The van der Waals surface area contributed by atoms with Gasteiger partial charge < -0.3 is 9.73 Å². The Morgan fingerprint density at radius 3 is 2.93 bits per heavy atom. The summed E-state index contributed by atoms with van der Waals surface area (Å²) < 4.78 is 4.98. The Bertz CT molecular complexity index is 327. The molecule has 1 unspecified atom stereocenters. The van der Waals surface area contributed by atoms with E-state index < -0.39 is 0 Å². The Kier molecular flexibility index (Phi) is 5.19. The minimum Gasteiger partial charge on any atom is -0.440 e. The molecular weight excluding hydrogens is 281 g/mol. The molecule has 1 aromatic rings. The number of furan rings is 1. The van der Waals surface area contributed by atoms with Crippen molar-refractivity contribution in [2.75, 3.05) is 6.54 Å². The number of rotatable bonds is 5. The van der Waals surface area contributed by atoms with E-state index in [9.17, 15) is 4.79 Å². The molecule has 0 aromatic carbocycles. The summed E-state index contributed by atoms with van der Waals surface area (Å²) in [6, 6.07) is 3.11. The highest BCUT2D eigenvalue weighted by Crippen LogP contribution is 2.13. The number of halogens is 2. The van der Waals surface area contributed by atoms with E-state index >= 15 is 0 Å². The number of nitrogens with one attached hydrogen (secondary N) is 1. The largest absolute Gasteiger partial charge is 0.440 e. The summed E-state index contributed by atoms with van der Waals surface area (Å²) in [6.07, 6.45) is 2.11. The van der Waals surface area contributed by atoms with Gasteiger partial charge >= 0.3 is 0 Å². The van der Waals surface area contributed by atoms with Gasteiger partial charge in [-0.3, -0.25) is 4.79 Å². The van der Waals surface area contributed by atoms with Crippen LogP contribution in [0.15, 0.2) is 16.5 Å². The lowest BCUT2D eigenvalue weighted by Crippen LogP contribution is -2.29. The molecule has 0 aliphatic rings. The first-order chi connectivity index (χ1) is 7.13. The predicted octanol–water partition coefficient (Wildman–Crippen LogP) is 3.23. The Hall–Kier alpha value is -0.480. The molecule has 0 saturated heterocycles. The maximum atomic E-state index is 11.5. The first-order valence-corrected chi connectivity index (χ1v) is 6.10. The Morgan fingerprint density at radius 2 is 2.40 bits per heavy atom. The van der Waals surface area contributed by atoms with Gasteiger partial charge in [0.05, 0.1) is 0 Å². The topological polar surface area (TPSA) is 42.2 Å². The third kappa shape index (κ3) is 4.26. The average Bonchev–Trinajstić information content (AvgIpc) is 2.62. The second-order valence-electron chi connectivity index (χ2n) is 3.20. The Balaban J connectivity index is 2.36. The van der Waals surface area contributed by atoms with Crippen molar-refractivity contribution in [1.29, 1.82) is 0 Å². The van der Waals surface area contributed by atoms with Gasteiger partial charge in [0, 0.05) is 11.4 Å². The number of hydrogen-bond acceptors (Lipinski definition) is 2. The van der Waals surface area contributed by atoms with Crippen LogP contribution in [-0.2, 0) is 0 Å². The van der Waals surface area contributed by atoms with Crippen molar-refractivity contribution in [3.63, 3.8) is 0 Å². The molecule has 1 amide bonds. The third-order valence-electron chi connectivity index (χ3n) is 1.88. The van der Waals surface area contributed by atoms with Crippen LogP contribution in [0, 0.1) is 0 Å². The van der Waals surface area contributed by atoms with Crippen LogP contribution >= 0.6 is 27.5 Å². The van der Waals surface area contributed by atoms with E-state index in [0.29, 0.717) is 11.4 Å². The highest BCUT2D eigenvalue weighted by molar-refractivity contribution is 9.09. The van der Waals surface area contributed by atoms with Crippen LogP contribution in [0.25, 0.3) is 0 Å². The van der Waals surface area contributed by atoms with Crippen molar-refractivity contribution in [1.82, 2.24) is 5.32 Å². The molecule has 0 fully saturated rings. The monoisotopic (exact) mass is 293 g/mol. The summed E-state index contributed by atoms with van der Waals surface area (Å²) in [5.41, 5.74) is 0. The molecule has 0 spiro atoms. The lowest BCUT2D eigenvalue weighted by Gasteiger charge is -2.08. The summed E-state index contributed by atoms with van der Waals surface area (Å²) in [6.45, 7) is 2.69. The van der Waals surface area contributed by atoms with E-state index in [2.05, 4.69) is 28.2 Å². The molecule has 1 N–H and O–H groups in total. The van der Waals surface area contributed by atoms with Gasteiger partial charge in [0.2, 0.25) is 0 Å². The van der Waals surface area contributed by atoms with Crippen LogP contribution in [0.5, 0.6) is 0 Å². The van der Waals surface area contributed by atoms with Crippen molar-refractivity contribution in [3.05, 3.63) is 23.1 Å². The molecule has 1 atom stereocenters. The second kappa shape index (κ2) is 6.18. The Labute approximate surface area is 102 Å². The summed E-state index contributed by atoms with van der Waals surface area (Å²) in [5, 5.41) is 2.98. The maximum absolute atomic E-state index is 11.5. The summed E-state index contributed by atoms with van der Waals surface area (Å²) >= 11 is 9.03. The van der Waals surface area contributed by atoms with Crippen molar-refractivity contribution in [2.24, 2.45) is 0 Å². The van der Waals surface area contributed by atoms with Crippen molar-refractivity contribution >= 4 is 33.4 Å². The fourth-order valence-electron chi connectivity index (χ4n) is 1.14. The van der Waals surface area contributed by atoms with Crippen LogP contribution in [0.2, 0.25) is 5.22 Å². The first kappa shape index (κ1) is 12.6. The first-order valence-electron chi connectivity index (χ1n) is 4.81. The molecule has 0 bridgehead atoms. The third-order valence-corrected chi connectivity index (χ3v) is 2.87. The van der Waals surface area contributed by atoms with E-state index in [1.54, 1.807) is 12.1 Å². The van der Waals surface area contributed by atoms with Crippen LogP contribution in [0.1, 0.15) is 30.3 Å². The predicted molar refractivity (Wildman–Crippen MR) is 63.7 cm³/mol. The molecule has 15 heavy (non-hydrogen) atoms. The quantitative estimate of drug-likeness (QED) is 0.847. The maximum Gasteiger partial charge on any atom is 0.287 e. The van der Waals surface area contributed by atoms with Crippen LogP contribution in [-0.4, -0.2) is 17.3 Å². The zero-order valence-electron chi connectivity index (χ0n) is 8.43. The fourth-order valence-corrected chi connectivity index (χ4v) is 1.91. The van der Waals surface area contributed by atoms with Gasteiger partial charge in [-0.2, -0.15) is 0 Å². The van der Waals surface area contributed by atoms with Gasteiger partial charge in [0.15, 0.2) is 11.0 Å². The molecule has 0 radical (unpaired) electrons. The molecular formula is C10H13BrClNO2. The normalized spacial score (nSPS) is 12.5. The highest BCUT2D eigenvalue weighted by Gasteiger charge is 2.11. The van der Waals surface area contributed by atoms with Gasteiger partial charge in [-0.25, -0.2) is 0 Å². The van der Waals surface area contributed by atoms with Gasteiger partial charge in [0.1, 0.15) is 0 Å². The molecule has 0 aliphatic heterocycles. The molecule has 1 aromatic heterocycles.